The van der Waals surface area contributed by atoms with Crippen LogP contribution in [0.5, 0.6) is 11.5 Å². The Morgan fingerprint density at radius 3 is 2.07 bits per heavy atom. The second-order valence-electron chi connectivity index (χ2n) is 6.65. The van der Waals surface area contributed by atoms with Crippen molar-refractivity contribution in [3.63, 3.8) is 0 Å². The van der Waals surface area contributed by atoms with E-state index in [2.05, 4.69) is 34.2 Å². The molecule has 0 aliphatic heterocycles. The molecule has 3 rings (SSSR count). The highest BCUT2D eigenvalue weighted by molar-refractivity contribution is 5.63. The van der Waals surface area contributed by atoms with E-state index in [9.17, 15) is 0 Å². The third-order valence-electron chi connectivity index (χ3n) is 4.54. The van der Waals surface area contributed by atoms with E-state index in [1.807, 2.05) is 67.8 Å². The topological polar surface area (TPSA) is 59.5 Å². The van der Waals surface area contributed by atoms with E-state index in [1.165, 1.54) is 0 Å². The molecular formula is C23H28N4O2. The van der Waals surface area contributed by atoms with Crippen LogP contribution in [0.3, 0.4) is 0 Å². The van der Waals surface area contributed by atoms with Gasteiger partial charge in [0.2, 0.25) is 5.95 Å². The van der Waals surface area contributed by atoms with Crippen LogP contribution in [0, 0.1) is 0 Å². The maximum atomic E-state index is 5.76. The van der Waals surface area contributed by atoms with Gasteiger partial charge in [-0.05, 0) is 62.5 Å². The number of benzene rings is 2. The van der Waals surface area contributed by atoms with Crippen LogP contribution in [0.2, 0.25) is 0 Å². The van der Waals surface area contributed by atoms with E-state index in [4.69, 9.17) is 9.47 Å². The lowest BCUT2D eigenvalue weighted by molar-refractivity contribution is 0.244. The van der Waals surface area contributed by atoms with Crippen molar-refractivity contribution in [1.82, 2.24) is 14.9 Å². The highest BCUT2D eigenvalue weighted by atomic mass is 16.5. The lowest BCUT2D eigenvalue weighted by Gasteiger charge is -2.14. The van der Waals surface area contributed by atoms with E-state index in [1.54, 1.807) is 0 Å². The smallest absolute Gasteiger partial charge is 0.227 e. The molecule has 152 valence electrons. The van der Waals surface area contributed by atoms with Gasteiger partial charge in [-0.1, -0.05) is 19.1 Å². The molecule has 3 aromatic rings. The Morgan fingerprint density at radius 2 is 1.45 bits per heavy atom. The van der Waals surface area contributed by atoms with Gasteiger partial charge in [-0.25, -0.2) is 9.97 Å². The highest BCUT2D eigenvalue weighted by Gasteiger charge is 2.03. The SMILES string of the molecule is CCOc1ccc(-c2cnc(Nc3ccc(OCCN(C)CC)cc3)nc2)cc1. The Bertz CT molecular complexity index is 865. The number of hydrogen-bond acceptors (Lipinski definition) is 6. The van der Waals surface area contributed by atoms with Crippen molar-refractivity contribution in [2.24, 2.45) is 0 Å². The van der Waals surface area contributed by atoms with E-state index in [0.29, 0.717) is 19.2 Å². The fraction of sp³-hybridized carbons (Fsp3) is 0.304. The minimum absolute atomic E-state index is 0.554. The standard InChI is InChI=1S/C23H28N4O2/c1-4-27(3)14-15-29-22-12-8-20(9-13-22)26-23-24-16-19(17-25-23)18-6-10-21(11-7-18)28-5-2/h6-13,16-17H,4-5,14-15H2,1-3H3,(H,24,25,26). The Hall–Kier alpha value is -3.12. The number of aromatic nitrogens is 2. The molecular weight excluding hydrogens is 364 g/mol. The molecule has 1 heterocycles. The Labute approximate surface area is 172 Å². The summed E-state index contributed by atoms with van der Waals surface area (Å²) in [4.78, 5) is 11.1. The van der Waals surface area contributed by atoms with Crippen LogP contribution in [0.1, 0.15) is 13.8 Å². The predicted octanol–water partition coefficient (Wildman–Crippen LogP) is 4.62. The Morgan fingerprint density at radius 1 is 0.828 bits per heavy atom. The summed E-state index contributed by atoms with van der Waals surface area (Å²) in [6, 6.07) is 15.7. The normalized spacial score (nSPS) is 10.8. The minimum Gasteiger partial charge on any atom is -0.494 e. The maximum absolute atomic E-state index is 5.76. The van der Waals surface area contributed by atoms with Crippen LogP contribution in [0.25, 0.3) is 11.1 Å². The molecule has 0 radical (unpaired) electrons. The summed E-state index contributed by atoms with van der Waals surface area (Å²) >= 11 is 0. The summed E-state index contributed by atoms with van der Waals surface area (Å²) in [5, 5.41) is 3.21. The van der Waals surface area contributed by atoms with E-state index >= 15 is 0 Å². The quantitative estimate of drug-likeness (QED) is 0.543. The first kappa shape index (κ1) is 20.6. The van der Waals surface area contributed by atoms with Gasteiger partial charge in [0.1, 0.15) is 18.1 Å². The molecule has 1 aromatic heterocycles. The molecule has 0 aliphatic rings. The summed E-state index contributed by atoms with van der Waals surface area (Å²) in [5.74, 6) is 2.27. The van der Waals surface area contributed by atoms with Crippen molar-refractivity contribution < 1.29 is 9.47 Å². The van der Waals surface area contributed by atoms with Crippen molar-refractivity contribution in [2.75, 3.05) is 38.7 Å². The number of nitrogens with one attached hydrogen (secondary N) is 1. The van der Waals surface area contributed by atoms with Gasteiger partial charge in [-0.15, -0.1) is 0 Å². The number of rotatable bonds is 10. The Kier molecular flexibility index (Phi) is 7.41. The average Bonchev–Trinajstić information content (AvgIpc) is 2.76. The van der Waals surface area contributed by atoms with E-state index in [0.717, 1.165) is 41.4 Å². The first-order chi connectivity index (χ1) is 14.2. The average molecular weight is 393 g/mol. The molecule has 0 saturated carbocycles. The molecule has 0 atom stereocenters. The number of likely N-dealkylation sites (N-methyl/N-ethyl adjacent to an activating group) is 1. The monoisotopic (exact) mass is 392 g/mol. The van der Waals surface area contributed by atoms with Gasteiger partial charge in [-0.3, -0.25) is 0 Å². The molecule has 0 aliphatic carbocycles. The Balaban J connectivity index is 1.55. The molecule has 0 saturated heterocycles. The van der Waals surface area contributed by atoms with Gasteiger partial charge in [-0.2, -0.15) is 0 Å². The predicted molar refractivity (Wildman–Crippen MR) is 117 cm³/mol. The fourth-order valence-electron chi connectivity index (χ4n) is 2.69. The second-order valence-corrected chi connectivity index (χ2v) is 6.65. The van der Waals surface area contributed by atoms with E-state index < -0.39 is 0 Å². The van der Waals surface area contributed by atoms with Crippen LogP contribution < -0.4 is 14.8 Å². The third kappa shape index (κ3) is 6.19. The van der Waals surface area contributed by atoms with Crippen LogP contribution in [0.4, 0.5) is 11.6 Å². The van der Waals surface area contributed by atoms with Crippen molar-refractivity contribution in [3.05, 3.63) is 60.9 Å². The first-order valence-corrected chi connectivity index (χ1v) is 9.91. The molecule has 2 aromatic carbocycles. The summed E-state index contributed by atoms with van der Waals surface area (Å²) < 4.78 is 11.2. The van der Waals surface area contributed by atoms with Crippen molar-refractivity contribution in [1.29, 1.82) is 0 Å². The van der Waals surface area contributed by atoms with Crippen LogP contribution in [-0.2, 0) is 0 Å². The molecule has 29 heavy (non-hydrogen) atoms. The van der Waals surface area contributed by atoms with Gasteiger partial charge in [0.05, 0.1) is 6.61 Å². The van der Waals surface area contributed by atoms with Gasteiger partial charge in [0.15, 0.2) is 0 Å². The van der Waals surface area contributed by atoms with E-state index in [-0.39, 0.29) is 0 Å². The minimum atomic E-state index is 0.554. The molecule has 1 N–H and O–H groups in total. The maximum Gasteiger partial charge on any atom is 0.227 e. The van der Waals surface area contributed by atoms with Crippen LogP contribution >= 0.6 is 0 Å². The lowest BCUT2D eigenvalue weighted by Crippen LogP contribution is -2.23. The second kappa shape index (κ2) is 10.4. The van der Waals surface area contributed by atoms with Crippen molar-refractivity contribution in [3.8, 4) is 22.6 Å². The summed E-state index contributed by atoms with van der Waals surface area (Å²) in [5.41, 5.74) is 2.92. The third-order valence-corrected chi connectivity index (χ3v) is 4.54. The van der Waals surface area contributed by atoms with Crippen molar-refractivity contribution in [2.45, 2.75) is 13.8 Å². The fourth-order valence-corrected chi connectivity index (χ4v) is 2.69. The number of nitrogens with zero attached hydrogens (tertiary/aromatic N) is 3. The highest BCUT2D eigenvalue weighted by Crippen LogP contribution is 2.23. The summed E-state index contributed by atoms with van der Waals surface area (Å²) in [6.07, 6.45) is 3.62. The molecule has 0 spiro atoms. The largest absolute Gasteiger partial charge is 0.494 e. The lowest BCUT2D eigenvalue weighted by atomic mass is 10.1. The summed E-state index contributed by atoms with van der Waals surface area (Å²) in [7, 11) is 2.08. The molecule has 6 nitrogen and oxygen atoms in total. The van der Waals surface area contributed by atoms with Gasteiger partial charge in [0, 0.05) is 30.2 Å². The van der Waals surface area contributed by atoms with Crippen LogP contribution in [0.15, 0.2) is 60.9 Å². The van der Waals surface area contributed by atoms with Gasteiger partial charge in [0.25, 0.3) is 0 Å². The molecule has 6 heteroatoms. The molecule has 0 amide bonds. The number of hydrogen-bond donors (Lipinski definition) is 1. The zero-order valence-electron chi connectivity index (χ0n) is 17.3. The van der Waals surface area contributed by atoms with Crippen LogP contribution in [-0.4, -0.2) is 48.2 Å². The zero-order chi connectivity index (χ0) is 20.5. The van der Waals surface area contributed by atoms with Gasteiger partial charge >= 0.3 is 0 Å². The van der Waals surface area contributed by atoms with Crippen molar-refractivity contribution >= 4 is 11.6 Å². The molecule has 0 fully saturated rings. The summed E-state index contributed by atoms with van der Waals surface area (Å²) in [6.45, 7) is 7.36. The first-order valence-electron chi connectivity index (χ1n) is 9.91. The molecule has 0 unspecified atom stereocenters. The zero-order valence-corrected chi connectivity index (χ0v) is 17.3. The number of ether oxygens (including phenoxy) is 2. The van der Waals surface area contributed by atoms with Gasteiger partial charge < -0.3 is 19.7 Å². The number of anilines is 2. The molecule has 0 bridgehead atoms.